The zero-order valence-corrected chi connectivity index (χ0v) is 42.1. The Hall–Kier alpha value is -6.72. The van der Waals surface area contributed by atoms with Crippen molar-refractivity contribution in [3.63, 3.8) is 0 Å². The number of nitrogens with zero attached hydrogens (tertiary/aromatic N) is 2. The van der Waals surface area contributed by atoms with Gasteiger partial charge in [0.25, 0.3) is 0 Å². The molecule has 0 atom stereocenters. The van der Waals surface area contributed by atoms with E-state index in [9.17, 15) is 0 Å². The minimum atomic E-state index is -0.00132. The molecule has 0 aliphatic heterocycles. The van der Waals surface area contributed by atoms with Gasteiger partial charge in [0.1, 0.15) is 0 Å². The Balaban J connectivity index is 1.24. The highest BCUT2D eigenvalue weighted by molar-refractivity contribution is 7.26. The molecule has 0 fully saturated rings. The molecule has 0 unspecified atom stereocenters. The maximum Gasteiger partial charge on any atom is 0.0640 e. The molecule has 12 aromatic rings. The van der Waals surface area contributed by atoms with Crippen LogP contribution in [0.3, 0.4) is 0 Å². The lowest BCUT2D eigenvalue weighted by atomic mass is 9.83. The average Bonchev–Trinajstić information content (AvgIpc) is 3.90. The van der Waals surface area contributed by atoms with Gasteiger partial charge in [0, 0.05) is 58.5 Å². The summed E-state index contributed by atoms with van der Waals surface area (Å²) in [6.07, 6.45) is 0. The summed E-state index contributed by atoms with van der Waals surface area (Å²) >= 11 is 3.78. The molecule has 2 aromatic heterocycles. The lowest BCUT2D eigenvalue weighted by molar-refractivity contribution is 0.590. The first-order valence-corrected chi connectivity index (χ1v) is 25.6. The smallest absolute Gasteiger partial charge is 0.0640 e. The quantitative estimate of drug-likeness (QED) is 0.153. The summed E-state index contributed by atoms with van der Waals surface area (Å²) in [6.45, 7) is 20.8. The molecule has 4 heteroatoms. The Kier molecular flexibility index (Phi) is 9.65. The minimum absolute atomic E-state index is 0.00132. The predicted octanol–water partition coefficient (Wildman–Crippen LogP) is 20.2. The number of thiophene rings is 2. The van der Waals surface area contributed by atoms with Gasteiger partial charge in [0.15, 0.2) is 0 Å². The molecule has 0 radical (unpaired) electrons. The van der Waals surface area contributed by atoms with Crippen molar-refractivity contribution < 1.29 is 0 Å². The summed E-state index contributed by atoms with van der Waals surface area (Å²) in [5, 5.41) is 12.7. The molecule has 0 saturated heterocycles. The third kappa shape index (κ3) is 6.86. The molecule has 2 heterocycles. The van der Waals surface area contributed by atoms with Crippen molar-refractivity contribution in [2.75, 3.05) is 9.80 Å². The maximum atomic E-state index is 2.57. The second-order valence-electron chi connectivity index (χ2n) is 21.8. The highest BCUT2D eigenvalue weighted by Crippen LogP contribution is 2.54. The SMILES string of the molecule is CC(C)(C)c1ccc(N(c2cc(N(c3ccc(C(C)(C)C)cc3)c3cccc4c3sc3ccccc34)c3ccc4cc(C(C)(C)C)cc5ccc2c3c54)c2cccc3c2sc2ccccc23)cc1. The Morgan fingerprint density at radius 1 is 0.309 bits per heavy atom. The molecule has 0 N–H and O–H groups in total. The largest absolute Gasteiger partial charge is 0.308 e. The normalized spacial score (nSPS) is 12.8. The number of hydrogen-bond acceptors (Lipinski definition) is 4. The summed E-state index contributed by atoms with van der Waals surface area (Å²) in [6, 6.07) is 67.2. The van der Waals surface area contributed by atoms with E-state index in [4.69, 9.17) is 0 Å². The van der Waals surface area contributed by atoms with Crippen molar-refractivity contribution in [2.24, 2.45) is 0 Å². The van der Waals surface area contributed by atoms with Gasteiger partial charge in [-0.3, -0.25) is 0 Å². The Morgan fingerprint density at radius 2 is 0.706 bits per heavy atom. The van der Waals surface area contributed by atoms with E-state index in [1.54, 1.807) is 0 Å². The minimum Gasteiger partial charge on any atom is -0.308 e. The number of anilines is 6. The molecule has 0 aliphatic rings. The summed E-state index contributed by atoms with van der Waals surface area (Å²) in [5.41, 5.74) is 10.9. The van der Waals surface area contributed by atoms with Crippen LogP contribution in [0.15, 0.2) is 176 Å². The van der Waals surface area contributed by atoms with E-state index in [0.29, 0.717) is 0 Å². The van der Waals surface area contributed by atoms with E-state index in [2.05, 4.69) is 248 Å². The van der Waals surface area contributed by atoms with Crippen molar-refractivity contribution in [1.82, 2.24) is 0 Å². The number of rotatable bonds is 6. The molecule has 2 nitrogen and oxygen atoms in total. The third-order valence-corrected chi connectivity index (χ3v) is 16.7. The third-order valence-electron chi connectivity index (χ3n) is 14.3. The van der Waals surface area contributed by atoms with E-state index in [1.165, 1.54) is 101 Å². The number of fused-ring (bicyclic) bond motifs is 6. The first kappa shape index (κ1) is 42.6. The van der Waals surface area contributed by atoms with E-state index in [0.717, 1.165) is 22.7 Å². The van der Waals surface area contributed by atoms with Gasteiger partial charge in [-0.15, -0.1) is 22.7 Å². The lowest BCUT2D eigenvalue weighted by Crippen LogP contribution is -2.16. The molecule has 68 heavy (non-hydrogen) atoms. The van der Waals surface area contributed by atoms with Crippen LogP contribution in [0.4, 0.5) is 34.1 Å². The fraction of sp³-hybridized carbons (Fsp3) is 0.188. The van der Waals surface area contributed by atoms with Gasteiger partial charge in [0.05, 0.1) is 32.1 Å². The molecule has 0 amide bonds. The second kappa shape index (κ2) is 15.4. The van der Waals surface area contributed by atoms with E-state index < -0.39 is 0 Å². The summed E-state index contributed by atoms with van der Waals surface area (Å²) in [4.78, 5) is 5.14. The van der Waals surface area contributed by atoms with Crippen molar-refractivity contribution >= 4 is 129 Å². The maximum absolute atomic E-state index is 2.57. The molecule has 0 saturated carbocycles. The van der Waals surface area contributed by atoms with Crippen molar-refractivity contribution in [1.29, 1.82) is 0 Å². The fourth-order valence-electron chi connectivity index (χ4n) is 10.5. The van der Waals surface area contributed by atoms with Gasteiger partial charge < -0.3 is 9.80 Å². The van der Waals surface area contributed by atoms with Crippen molar-refractivity contribution in [3.05, 3.63) is 193 Å². The number of benzene rings is 10. The molecule has 334 valence electrons. The van der Waals surface area contributed by atoms with Crippen molar-refractivity contribution in [2.45, 2.75) is 78.6 Å². The van der Waals surface area contributed by atoms with Crippen LogP contribution < -0.4 is 9.80 Å². The predicted molar refractivity (Wildman–Crippen MR) is 301 cm³/mol. The molecule has 10 aromatic carbocycles. The Morgan fingerprint density at radius 3 is 1.12 bits per heavy atom. The van der Waals surface area contributed by atoms with Gasteiger partial charge in [-0.1, -0.05) is 184 Å². The van der Waals surface area contributed by atoms with Crippen LogP contribution in [0.2, 0.25) is 0 Å². The standard InChI is InChI=1S/C64H56N2S2/c1-62(2,3)41-26-30-44(31-27-41)65(52-20-14-18-48-46-16-10-12-22-56(46)67-60(48)52)54-38-55(51-35-25-40-37-43(64(7,8)9)36-39-24-34-50(54)59(51)58(39)40)66(45-32-28-42(29-33-45)63(4,5)6)53-21-15-19-49-47-17-11-13-23-57(47)68-61(49)53/h10-38H,1-9H3. The van der Waals surface area contributed by atoms with Crippen LogP contribution in [-0.4, -0.2) is 0 Å². The monoisotopic (exact) mass is 916 g/mol. The van der Waals surface area contributed by atoms with Gasteiger partial charge in [-0.25, -0.2) is 0 Å². The highest BCUT2D eigenvalue weighted by atomic mass is 32.1. The molecule has 0 aliphatic carbocycles. The second-order valence-corrected chi connectivity index (χ2v) is 23.9. The van der Waals surface area contributed by atoms with Crippen LogP contribution in [-0.2, 0) is 16.2 Å². The number of hydrogen-bond donors (Lipinski definition) is 0. The van der Waals surface area contributed by atoms with Crippen LogP contribution in [0.1, 0.15) is 79.0 Å². The zero-order chi connectivity index (χ0) is 46.9. The lowest BCUT2D eigenvalue weighted by Gasteiger charge is -2.33. The summed E-state index contributed by atoms with van der Waals surface area (Å²) < 4.78 is 5.15. The van der Waals surface area contributed by atoms with Crippen LogP contribution in [0.5, 0.6) is 0 Å². The van der Waals surface area contributed by atoms with Crippen molar-refractivity contribution in [3.8, 4) is 0 Å². The Labute approximate surface area is 408 Å². The average molecular weight is 917 g/mol. The molecule has 0 bridgehead atoms. The molecular weight excluding hydrogens is 861 g/mol. The fourth-order valence-corrected chi connectivity index (χ4v) is 12.9. The summed E-state index contributed by atoms with van der Waals surface area (Å²) in [7, 11) is 0. The molecular formula is C64H56N2S2. The zero-order valence-electron chi connectivity index (χ0n) is 40.5. The van der Waals surface area contributed by atoms with Gasteiger partial charge in [0.2, 0.25) is 0 Å². The molecule has 0 spiro atoms. The van der Waals surface area contributed by atoms with Crippen LogP contribution in [0.25, 0.3) is 72.7 Å². The van der Waals surface area contributed by atoms with Gasteiger partial charge in [-0.05, 0) is 104 Å². The van der Waals surface area contributed by atoms with Crippen LogP contribution in [0, 0.1) is 0 Å². The van der Waals surface area contributed by atoms with Gasteiger partial charge in [-0.2, -0.15) is 0 Å². The summed E-state index contributed by atoms with van der Waals surface area (Å²) in [5.74, 6) is 0. The van der Waals surface area contributed by atoms with E-state index in [1.807, 2.05) is 22.7 Å². The Bertz CT molecular complexity index is 3660. The van der Waals surface area contributed by atoms with Gasteiger partial charge >= 0.3 is 0 Å². The highest BCUT2D eigenvalue weighted by Gasteiger charge is 2.29. The van der Waals surface area contributed by atoms with Crippen LogP contribution >= 0.6 is 22.7 Å². The van der Waals surface area contributed by atoms with E-state index >= 15 is 0 Å². The topological polar surface area (TPSA) is 6.48 Å². The van der Waals surface area contributed by atoms with E-state index in [-0.39, 0.29) is 16.2 Å². The first-order valence-electron chi connectivity index (χ1n) is 24.0. The first-order chi connectivity index (χ1) is 32.6. The molecule has 12 rings (SSSR count).